The van der Waals surface area contributed by atoms with Crippen LogP contribution in [0.4, 0.5) is 11.4 Å². The lowest BCUT2D eigenvalue weighted by Crippen LogP contribution is -2.38. The predicted molar refractivity (Wildman–Crippen MR) is 129 cm³/mol. The van der Waals surface area contributed by atoms with E-state index in [4.69, 9.17) is 18.9 Å². The van der Waals surface area contributed by atoms with Gasteiger partial charge >= 0.3 is 23.9 Å². The van der Waals surface area contributed by atoms with Crippen molar-refractivity contribution >= 4 is 58.9 Å². The van der Waals surface area contributed by atoms with Crippen molar-refractivity contribution in [3.63, 3.8) is 0 Å². The summed E-state index contributed by atoms with van der Waals surface area (Å²) in [5, 5.41) is 0. The second-order valence-electron chi connectivity index (χ2n) is 7.48. The van der Waals surface area contributed by atoms with E-state index in [0.717, 1.165) is 41.5 Å². The van der Waals surface area contributed by atoms with Gasteiger partial charge in [-0.3, -0.25) is 28.8 Å². The molecule has 1 aromatic carbocycles. The molecular formula is C24H28N2O12. The van der Waals surface area contributed by atoms with Gasteiger partial charge in [0.15, 0.2) is 11.5 Å². The normalized spacial score (nSPS) is 10.1. The van der Waals surface area contributed by atoms with Gasteiger partial charge in [0.25, 0.3) is 0 Å². The van der Waals surface area contributed by atoms with Gasteiger partial charge in [-0.1, -0.05) is 0 Å². The molecule has 38 heavy (non-hydrogen) atoms. The maximum atomic E-state index is 13.3. The highest BCUT2D eigenvalue weighted by molar-refractivity contribution is 6.25. The van der Waals surface area contributed by atoms with Crippen LogP contribution in [0.5, 0.6) is 11.5 Å². The van der Waals surface area contributed by atoms with Crippen LogP contribution in [0.25, 0.3) is 0 Å². The number of nitrogens with zero attached hydrogens (tertiary/aromatic N) is 2. The maximum Gasteiger partial charge on any atom is 0.344 e. The lowest BCUT2D eigenvalue weighted by atomic mass is 9.99. The third-order valence-electron chi connectivity index (χ3n) is 4.52. The molecule has 0 atom stereocenters. The molecule has 0 heterocycles. The second-order valence-corrected chi connectivity index (χ2v) is 7.48. The van der Waals surface area contributed by atoms with Gasteiger partial charge in [0.1, 0.15) is 22.5 Å². The SMILES string of the molecule is CCOC(=O)c1c(OC(C)=O)c(N(C(C)=O)C(C)=O)c(C(=O)OCC)c(OC(C)=O)c1N(C(C)=O)C(C)=O. The van der Waals surface area contributed by atoms with Crippen molar-refractivity contribution in [1.82, 2.24) is 0 Å². The van der Waals surface area contributed by atoms with E-state index in [2.05, 4.69) is 0 Å². The smallest absolute Gasteiger partial charge is 0.344 e. The predicted octanol–water partition coefficient (Wildman–Crippen LogP) is 1.69. The Morgan fingerprint density at radius 2 is 0.789 bits per heavy atom. The average molecular weight is 536 g/mol. The fraction of sp³-hybridized carbons (Fsp3) is 0.417. The number of carbonyl (C=O) groups is 8. The molecule has 14 heteroatoms. The van der Waals surface area contributed by atoms with Crippen LogP contribution in [0.1, 0.15) is 76.1 Å². The van der Waals surface area contributed by atoms with Gasteiger partial charge in [0.05, 0.1) is 13.2 Å². The first-order chi connectivity index (χ1) is 17.6. The summed E-state index contributed by atoms with van der Waals surface area (Å²) in [6.45, 7) is 7.80. The molecule has 206 valence electrons. The zero-order valence-electron chi connectivity index (χ0n) is 22.2. The summed E-state index contributed by atoms with van der Waals surface area (Å²) >= 11 is 0. The summed E-state index contributed by atoms with van der Waals surface area (Å²) in [7, 11) is 0. The minimum Gasteiger partial charge on any atom is -0.462 e. The van der Waals surface area contributed by atoms with Crippen molar-refractivity contribution in [3.05, 3.63) is 11.1 Å². The number of anilines is 2. The zero-order valence-corrected chi connectivity index (χ0v) is 22.2. The van der Waals surface area contributed by atoms with E-state index in [1.54, 1.807) is 0 Å². The Hall–Kier alpha value is -4.62. The Balaban J connectivity index is 4.86. The maximum absolute atomic E-state index is 13.3. The molecule has 0 bridgehead atoms. The first kappa shape index (κ1) is 31.4. The van der Waals surface area contributed by atoms with E-state index in [1.165, 1.54) is 13.8 Å². The van der Waals surface area contributed by atoms with E-state index >= 15 is 0 Å². The molecule has 1 aromatic rings. The molecule has 4 amide bonds. The minimum absolute atomic E-state index is 0.265. The van der Waals surface area contributed by atoms with Crippen molar-refractivity contribution < 1.29 is 57.3 Å². The number of hydrogen-bond donors (Lipinski definition) is 0. The van der Waals surface area contributed by atoms with E-state index in [-0.39, 0.29) is 13.2 Å². The minimum atomic E-state index is -1.32. The standard InChI is InChI=1S/C24H28N2O12/c1-9-35-23(33)17-19(25(11(3)27)12(4)28)22(38-16(8)32)18(24(34)36-10-2)20(21(17)37-15(7)31)26(13(5)29)14(6)30/h9-10H2,1-8H3. The molecule has 14 nitrogen and oxygen atoms in total. The van der Waals surface area contributed by atoms with Gasteiger partial charge in [-0.15, -0.1) is 0 Å². The fourth-order valence-electron chi connectivity index (χ4n) is 3.45. The third kappa shape index (κ3) is 6.78. The number of ether oxygens (including phenoxy) is 4. The first-order valence-electron chi connectivity index (χ1n) is 11.2. The van der Waals surface area contributed by atoms with Crippen molar-refractivity contribution in [2.75, 3.05) is 23.0 Å². The molecule has 0 fully saturated rings. The number of carbonyl (C=O) groups excluding carboxylic acids is 8. The summed E-state index contributed by atoms with van der Waals surface area (Å²) in [4.78, 5) is 102. The van der Waals surface area contributed by atoms with Crippen molar-refractivity contribution in [3.8, 4) is 11.5 Å². The zero-order chi connectivity index (χ0) is 29.5. The quantitative estimate of drug-likeness (QED) is 0.347. The Kier molecular flexibility index (Phi) is 10.8. The van der Waals surface area contributed by atoms with Crippen molar-refractivity contribution in [1.29, 1.82) is 0 Å². The summed E-state index contributed by atoms with van der Waals surface area (Å²) in [6, 6.07) is 0. The van der Waals surface area contributed by atoms with Gasteiger partial charge in [-0.2, -0.15) is 0 Å². The fourth-order valence-corrected chi connectivity index (χ4v) is 3.45. The molecular weight excluding hydrogens is 508 g/mol. The summed E-state index contributed by atoms with van der Waals surface area (Å²) in [5.41, 5.74) is -3.35. The summed E-state index contributed by atoms with van der Waals surface area (Å²) < 4.78 is 20.5. The number of esters is 4. The van der Waals surface area contributed by atoms with Crippen LogP contribution in [0.15, 0.2) is 0 Å². The molecule has 0 aliphatic rings. The molecule has 0 saturated carbocycles. The highest BCUT2D eigenvalue weighted by Crippen LogP contribution is 2.50. The number of amides is 4. The summed E-state index contributed by atoms with van der Waals surface area (Å²) in [6.07, 6.45) is 0. The van der Waals surface area contributed by atoms with Crippen LogP contribution in [0.2, 0.25) is 0 Å². The molecule has 0 saturated heterocycles. The first-order valence-corrected chi connectivity index (χ1v) is 11.2. The molecule has 0 aliphatic heterocycles. The Labute approximate surface area is 217 Å². The number of imide groups is 2. The highest BCUT2D eigenvalue weighted by Gasteiger charge is 2.42. The van der Waals surface area contributed by atoms with E-state index in [1.807, 2.05) is 0 Å². The molecule has 0 aromatic heterocycles. The summed E-state index contributed by atoms with van der Waals surface area (Å²) in [5.74, 6) is -10.7. The Morgan fingerprint density at radius 3 is 0.974 bits per heavy atom. The Bertz CT molecular complexity index is 1100. The molecule has 0 spiro atoms. The number of benzene rings is 1. The molecule has 0 N–H and O–H groups in total. The van der Waals surface area contributed by atoms with Crippen LogP contribution in [-0.2, 0) is 38.2 Å². The van der Waals surface area contributed by atoms with Crippen LogP contribution < -0.4 is 19.3 Å². The lowest BCUT2D eigenvalue weighted by molar-refractivity contribution is -0.133. The van der Waals surface area contributed by atoms with Crippen LogP contribution in [0.3, 0.4) is 0 Å². The van der Waals surface area contributed by atoms with E-state index in [9.17, 15) is 38.4 Å². The number of rotatable bonds is 8. The monoisotopic (exact) mass is 536 g/mol. The van der Waals surface area contributed by atoms with E-state index < -0.39 is 81.5 Å². The molecule has 0 unspecified atom stereocenters. The number of hydrogen-bond acceptors (Lipinski definition) is 12. The van der Waals surface area contributed by atoms with Crippen molar-refractivity contribution in [2.24, 2.45) is 0 Å². The lowest BCUT2D eigenvalue weighted by Gasteiger charge is -2.30. The second kappa shape index (κ2) is 13.1. The van der Waals surface area contributed by atoms with Crippen molar-refractivity contribution in [2.45, 2.75) is 55.4 Å². The van der Waals surface area contributed by atoms with Crippen LogP contribution in [0, 0.1) is 0 Å². The van der Waals surface area contributed by atoms with Gasteiger partial charge < -0.3 is 18.9 Å². The molecule has 0 radical (unpaired) electrons. The molecule has 1 rings (SSSR count). The van der Waals surface area contributed by atoms with Gasteiger partial charge in [-0.25, -0.2) is 19.4 Å². The topological polar surface area (TPSA) is 180 Å². The third-order valence-corrected chi connectivity index (χ3v) is 4.52. The average Bonchev–Trinajstić information content (AvgIpc) is 2.74. The van der Waals surface area contributed by atoms with Gasteiger partial charge in [0, 0.05) is 41.5 Å². The van der Waals surface area contributed by atoms with Crippen LogP contribution in [-0.4, -0.2) is 60.7 Å². The van der Waals surface area contributed by atoms with Gasteiger partial charge in [0.2, 0.25) is 23.6 Å². The largest absolute Gasteiger partial charge is 0.462 e. The van der Waals surface area contributed by atoms with E-state index in [0.29, 0.717) is 9.80 Å². The molecule has 0 aliphatic carbocycles. The van der Waals surface area contributed by atoms with Gasteiger partial charge in [-0.05, 0) is 13.8 Å². The highest BCUT2D eigenvalue weighted by atomic mass is 16.6. The van der Waals surface area contributed by atoms with Crippen LogP contribution >= 0.6 is 0 Å². The Morgan fingerprint density at radius 1 is 0.526 bits per heavy atom.